The number of ether oxygens (including phenoxy) is 1. The number of carbonyl (C=O) groups is 1. The second-order valence-corrected chi connectivity index (χ2v) is 5.83. The highest BCUT2D eigenvalue weighted by Crippen LogP contribution is 2.16. The van der Waals surface area contributed by atoms with Crippen LogP contribution in [0.1, 0.15) is 11.1 Å². The van der Waals surface area contributed by atoms with Gasteiger partial charge in [0.15, 0.2) is 6.10 Å². The summed E-state index contributed by atoms with van der Waals surface area (Å²) in [7, 11) is 0. The molecule has 104 valence electrons. The SMILES string of the molecule is Cc1ccc(O[C@@H](Cc2ccc(I)cc2)C(=O)O)cc1. The van der Waals surface area contributed by atoms with Gasteiger partial charge in [-0.1, -0.05) is 29.8 Å². The summed E-state index contributed by atoms with van der Waals surface area (Å²) in [5, 5.41) is 9.28. The van der Waals surface area contributed by atoms with E-state index in [0.29, 0.717) is 12.2 Å². The first-order valence-corrected chi connectivity index (χ1v) is 7.33. The number of carboxylic acids is 1. The molecule has 0 bridgehead atoms. The zero-order chi connectivity index (χ0) is 14.5. The van der Waals surface area contributed by atoms with Crippen LogP contribution in [0.25, 0.3) is 0 Å². The van der Waals surface area contributed by atoms with Gasteiger partial charge in [0, 0.05) is 9.99 Å². The number of halogens is 1. The van der Waals surface area contributed by atoms with Gasteiger partial charge in [-0.15, -0.1) is 0 Å². The molecule has 0 unspecified atom stereocenters. The lowest BCUT2D eigenvalue weighted by Gasteiger charge is -2.15. The molecule has 0 radical (unpaired) electrons. The molecule has 2 aromatic rings. The highest BCUT2D eigenvalue weighted by Gasteiger charge is 2.20. The molecule has 3 nitrogen and oxygen atoms in total. The van der Waals surface area contributed by atoms with Crippen molar-refractivity contribution in [3.63, 3.8) is 0 Å². The van der Waals surface area contributed by atoms with E-state index < -0.39 is 12.1 Å². The quantitative estimate of drug-likeness (QED) is 0.803. The van der Waals surface area contributed by atoms with Crippen LogP contribution in [0.3, 0.4) is 0 Å². The number of carboxylic acid groups (broad SMARTS) is 1. The third-order valence-electron chi connectivity index (χ3n) is 2.91. The van der Waals surface area contributed by atoms with Gasteiger partial charge in [0.25, 0.3) is 0 Å². The monoisotopic (exact) mass is 382 g/mol. The average Bonchev–Trinajstić information content (AvgIpc) is 2.42. The van der Waals surface area contributed by atoms with E-state index in [9.17, 15) is 9.90 Å². The second kappa shape index (κ2) is 6.74. The average molecular weight is 382 g/mol. The van der Waals surface area contributed by atoms with Crippen LogP contribution in [0.4, 0.5) is 0 Å². The summed E-state index contributed by atoms with van der Waals surface area (Å²) in [5.41, 5.74) is 2.06. The summed E-state index contributed by atoms with van der Waals surface area (Å²) in [6.45, 7) is 1.98. The summed E-state index contributed by atoms with van der Waals surface area (Å²) < 4.78 is 6.69. The molecule has 1 atom stereocenters. The first-order valence-electron chi connectivity index (χ1n) is 6.25. The Morgan fingerprint density at radius 2 is 1.75 bits per heavy atom. The minimum atomic E-state index is -0.955. The number of aryl methyl sites for hydroxylation is 1. The Morgan fingerprint density at radius 1 is 1.15 bits per heavy atom. The molecule has 4 heteroatoms. The predicted octanol–water partition coefficient (Wildman–Crippen LogP) is 3.67. The molecule has 2 rings (SSSR count). The molecule has 2 aromatic carbocycles. The van der Waals surface area contributed by atoms with Crippen LogP contribution in [0, 0.1) is 10.5 Å². The molecule has 0 spiro atoms. The lowest BCUT2D eigenvalue weighted by atomic mass is 10.1. The van der Waals surface area contributed by atoms with Crippen molar-refractivity contribution in [1.82, 2.24) is 0 Å². The minimum Gasteiger partial charge on any atom is -0.478 e. The van der Waals surface area contributed by atoms with E-state index in [1.807, 2.05) is 43.3 Å². The Balaban J connectivity index is 2.09. The van der Waals surface area contributed by atoms with Crippen LogP contribution in [0.5, 0.6) is 5.75 Å². The fraction of sp³-hybridized carbons (Fsp3) is 0.188. The van der Waals surface area contributed by atoms with E-state index in [1.165, 1.54) is 0 Å². The lowest BCUT2D eigenvalue weighted by Crippen LogP contribution is -2.29. The minimum absolute atomic E-state index is 0.347. The molecular formula is C16H15IO3. The van der Waals surface area contributed by atoms with E-state index in [0.717, 1.165) is 14.7 Å². The van der Waals surface area contributed by atoms with Crippen LogP contribution in [0.2, 0.25) is 0 Å². The summed E-state index contributed by atoms with van der Waals surface area (Å²) in [4.78, 5) is 11.3. The molecule has 1 N–H and O–H groups in total. The van der Waals surface area contributed by atoms with Gasteiger partial charge in [-0.3, -0.25) is 0 Å². The van der Waals surface area contributed by atoms with E-state index in [-0.39, 0.29) is 0 Å². The third kappa shape index (κ3) is 4.23. The smallest absolute Gasteiger partial charge is 0.345 e. The maximum Gasteiger partial charge on any atom is 0.345 e. The Labute approximate surface area is 131 Å². The summed E-state index contributed by atoms with van der Waals surface area (Å²) in [5.74, 6) is -0.377. The van der Waals surface area contributed by atoms with E-state index >= 15 is 0 Å². The van der Waals surface area contributed by atoms with Crippen molar-refractivity contribution >= 4 is 28.6 Å². The molecule has 0 saturated heterocycles. The van der Waals surface area contributed by atoms with Crippen molar-refractivity contribution in [3.05, 3.63) is 63.2 Å². The van der Waals surface area contributed by atoms with Gasteiger partial charge >= 0.3 is 5.97 Å². The molecule has 0 saturated carbocycles. The van der Waals surface area contributed by atoms with Gasteiger partial charge in [-0.25, -0.2) is 4.79 Å². The van der Waals surface area contributed by atoms with Crippen LogP contribution >= 0.6 is 22.6 Å². The lowest BCUT2D eigenvalue weighted by molar-refractivity contribution is -0.145. The van der Waals surface area contributed by atoms with Crippen LogP contribution in [-0.4, -0.2) is 17.2 Å². The molecule has 0 amide bonds. The fourth-order valence-corrected chi connectivity index (χ4v) is 2.15. The van der Waals surface area contributed by atoms with Crippen LogP contribution < -0.4 is 4.74 Å². The first kappa shape index (κ1) is 14.8. The Kier molecular flexibility index (Phi) is 5.00. The molecule has 0 aliphatic heterocycles. The number of benzene rings is 2. The fourth-order valence-electron chi connectivity index (χ4n) is 1.80. The topological polar surface area (TPSA) is 46.5 Å². The Hall–Kier alpha value is -1.56. The highest BCUT2D eigenvalue weighted by molar-refractivity contribution is 14.1. The summed E-state index contributed by atoms with van der Waals surface area (Å²) in [6, 6.07) is 15.2. The van der Waals surface area contributed by atoms with Crippen molar-refractivity contribution in [3.8, 4) is 5.75 Å². The Morgan fingerprint density at radius 3 is 2.30 bits per heavy atom. The van der Waals surface area contributed by atoms with Crippen molar-refractivity contribution in [2.75, 3.05) is 0 Å². The van der Waals surface area contributed by atoms with Crippen molar-refractivity contribution < 1.29 is 14.6 Å². The van der Waals surface area contributed by atoms with Crippen LogP contribution in [0.15, 0.2) is 48.5 Å². The largest absolute Gasteiger partial charge is 0.478 e. The van der Waals surface area contributed by atoms with Gasteiger partial charge in [0.1, 0.15) is 5.75 Å². The van der Waals surface area contributed by atoms with E-state index in [2.05, 4.69) is 22.6 Å². The molecule has 0 fully saturated rings. The maximum atomic E-state index is 11.3. The standard InChI is InChI=1S/C16H15IO3/c1-11-2-8-14(9-3-11)20-15(16(18)19)10-12-4-6-13(17)7-5-12/h2-9,15H,10H2,1H3,(H,18,19)/t15-/m0/s1. The van der Waals surface area contributed by atoms with Gasteiger partial charge in [0.2, 0.25) is 0 Å². The summed E-state index contributed by atoms with van der Waals surface area (Å²) in [6.07, 6.45) is -0.530. The van der Waals surface area contributed by atoms with E-state index in [1.54, 1.807) is 12.1 Å². The van der Waals surface area contributed by atoms with Gasteiger partial charge in [-0.05, 0) is 59.3 Å². The molecule has 20 heavy (non-hydrogen) atoms. The number of hydrogen-bond donors (Lipinski definition) is 1. The van der Waals surface area contributed by atoms with Crippen LogP contribution in [-0.2, 0) is 11.2 Å². The van der Waals surface area contributed by atoms with Crippen molar-refractivity contribution in [2.24, 2.45) is 0 Å². The molecule has 0 aliphatic rings. The summed E-state index contributed by atoms with van der Waals surface area (Å²) >= 11 is 2.22. The second-order valence-electron chi connectivity index (χ2n) is 4.59. The molecule has 0 aliphatic carbocycles. The zero-order valence-corrected chi connectivity index (χ0v) is 13.2. The maximum absolute atomic E-state index is 11.3. The van der Waals surface area contributed by atoms with Gasteiger partial charge < -0.3 is 9.84 Å². The first-order chi connectivity index (χ1) is 9.54. The molecule has 0 heterocycles. The van der Waals surface area contributed by atoms with Gasteiger partial charge in [0.05, 0.1) is 0 Å². The zero-order valence-electron chi connectivity index (χ0n) is 11.0. The Bertz CT molecular complexity index is 528. The molecule has 0 aromatic heterocycles. The normalized spacial score (nSPS) is 11.9. The predicted molar refractivity (Wildman–Crippen MR) is 86.1 cm³/mol. The van der Waals surface area contributed by atoms with Gasteiger partial charge in [-0.2, -0.15) is 0 Å². The van der Waals surface area contributed by atoms with Crippen molar-refractivity contribution in [2.45, 2.75) is 19.4 Å². The highest BCUT2D eigenvalue weighted by atomic mass is 127. The third-order valence-corrected chi connectivity index (χ3v) is 3.63. The number of rotatable bonds is 5. The number of hydrogen-bond acceptors (Lipinski definition) is 2. The van der Waals surface area contributed by atoms with E-state index in [4.69, 9.17) is 4.74 Å². The van der Waals surface area contributed by atoms with Crippen molar-refractivity contribution in [1.29, 1.82) is 0 Å². The number of aliphatic carboxylic acids is 1. The molecular weight excluding hydrogens is 367 g/mol.